The molecule has 0 spiro atoms. The SMILES string of the molecule is CC(=O)Nc1nc2c(s1)-c1c(c(-c3cccnc3)nn1-c1ccc(C(=O)NCCN3CCCC3)cc1F)CC2. The van der Waals surface area contributed by atoms with Gasteiger partial charge in [0.25, 0.3) is 5.91 Å². The van der Waals surface area contributed by atoms with Gasteiger partial charge in [0.2, 0.25) is 5.91 Å². The second-order valence-electron chi connectivity index (χ2n) is 9.78. The largest absolute Gasteiger partial charge is 0.351 e. The number of benzene rings is 1. The van der Waals surface area contributed by atoms with Gasteiger partial charge in [0, 0.05) is 49.1 Å². The van der Waals surface area contributed by atoms with Crippen LogP contribution < -0.4 is 10.6 Å². The Bertz CT molecular complexity index is 1540. The number of halogens is 1. The van der Waals surface area contributed by atoms with E-state index in [1.165, 1.54) is 37.2 Å². The van der Waals surface area contributed by atoms with E-state index in [4.69, 9.17) is 5.10 Å². The lowest BCUT2D eigenvalue weighted by Crippen LogP contribution is -2.33. The molecule has 6 rings (SSSR count). The maximum absolute atomic E-state index is 15.7. The van der Waals surface area contributed by atoms with Crippen LogP contribution in [0.25, 0.3) is 27.5 Å². The molecule has 1 aliphatic heterocycles. The number of aromatic nitrogens is 4. The highest BCUT2D eigenvalue weighted by Crippen LogP contribution is 2.44. The first-order chi connectivity index (χ1) is 19.0. The van der Waals surface area contributed by atoms with Crippen LogP contribution in [0.15, 0.2) is 42.7 Å². The van der Waals surface area contributed by atoms with Gasteiger partial charge in [0.15, 0.2) is 5.13 Å². The van der Waals surface area contributed by atoms with Crippen LogP contribution in [0.2, 0.25) is 0 Å². The summed E-state index contributed by atoms with van der Waals surface area (Å²) in [5, 5.41) is 11.0. The highest BCUT2D eigenvalue weighted by atomic mass is 32.1. The third-order valence-corrected chi connectivity index (χ3v) is 8.10. The zero-order chi connectivity index (χ0) is 26.9. The Labute approximate surface area is 229 Å². The summed E-state index contributed by atoms with van der Waals surface area (Å²) in [6.07, 6.45) is 7.16. The highest BCUT2D eigenvalue weighted by Gasteiger charge is 2.31. The number of rotatable bonds is 7. The molecule has 1 fully saturated rings. The molecule has 9 nitrogen and oxygen atoms in total. The van der Waals surface area contributed by atoms with E-state index in [2.05, 4.69) is 25.5 Å². The number of amides is 2. The van der Waals surface area contributed by atoms with Crippen LogP contribution in [0.1, 0.15) is 41.4 Å². The van der Waals surface area contributed by atoms with Crippen LogP contribution in [0.3, 0.4) is 0 Å². The third kappa shape index (κ3) is 5.07. The zero-order valence-corrected chi connectivity index (χ0v) is 22.4. The van der Waals surface area contributed by atoms with Gasteiger partial charge in [-0.15, -0.1) is 0 Å². The van der Waals surface area contributed by atoms with Crippen molar-refractivity contribution >= 4 is 28.3 Å². The second-order valence-corrected chi connectivity index (χ2v) is 10.8. The Morgan fingerprint density at radius 3 is 2.74 bits per heavy atom. The molecular formula is C28H28FN7O2S. The Morgan fingerprint density at radius 2 is 2.00 bits per heavy atom. The Kier molecular flexibility index (Phi) is 6.92. The quantitative estimate of drug-likeness (QED) is 0.363. The molecule has 11 heteroatoms. The molecule has 0 bridgehead atoms. The predicted molar refractivity (Wildman–Crippen MR) is 148 cm³/mol. The summed E-state index contributed by atoms with van der Waals surface area (Å²) in [6, 6.07) is 8.25. The number of hydrogen-bond donors (Lipinski definition) is 2. The first-order valence-electron chi connectivity index (χ1n) is 13.1. The first-order valence-corrected chi connectivity index (χ1v) is 13.9. The van der Waals surface area contributed by atoms with E-state index in [0.717, 1.165) is 52.7 Å². The molecule has 1 aliphatic carbocycles. The molecule has 2 N–H and O–H groups in total. The minimum Gasteiger partial charge on any atom is -0.351 e. The summed E-state index contributed by atoms with van der Waals surface area (Å²) in [5.74, 6) is -1.06. The number of carbonyl (C=O) groups excluding carboxylic acids is 2. The van der Waals surface area contributed by atoms with Gasteiger partial charge in [0.1, 0.15) is 11.5 Å². The molecule has 2 aliphatic rings. The van der Waals surface area contributed by atoms with Gasteiger partial charge < -0.3 is 15.5 Å². The van der Waals surface area contributed by atoms with Crippen molar-refractivity contribution in [2.75, 3.05) is 31.5 Å². The number of carbonyl (C=O) groups is 2. The molecule has 0 radical (unpaired) electrons. The van der Waals surface area contributed by atoms with Gasteiger partial charge in [0.05, 0.1) is 22.0 Å². The molecule has 39 heavy (non-hydrogen) atoms. The molecule has 3 aromatic heterocycles. The van der Waals surface area contributed by atoms with E-state index < -0.39 is 5.82 Å². The third-order valence-electron chi connectivity index (χ3n) is 7.08. The van der Waals surface area contributed by atoms with Gasteiger partial charge in [-0.1, -0.05) is 11.3 Å². The topological polar surface area (TPSA) is 105 Å². The van der Waals surface area contributed by atoms with Crippen molar-refractivity contribution < 1.29 is 14.0 Å². The summed E-state index contributed by atoms with van der Waals surface area (Å²) in [5.41, 5.74) is 4.60. The lowest BCUT2D eigenvalue weighted by molar-refractivity contribution is -0.114. The van der Waals surface area contributed by atoms with E-state index in [9.17, 15) is 9.59 Å². The molecule has 0 saturated carbocycles. The lowest BCUT2D eigenvalue weighted by Gasteiger charge is -2.16. The van der Waals surface area contributed by atoms with Crippen LogP contribution in [-0.4, -0.2) is 62.6 Å². The standard InChI is InChI=1S/C28H28FN7O2S/c1-17(37)32-28-33-22-8-7-20-24(19-5-4-10-30-16-19)34-36(25(20)26(22)39-28)23-9-6-18(15-21(23)29)27(38)31-11-14-35-12-2-3-13-35/h4-6,9-10,15-16H,2-3,7-8,11-14H2,1H3,(H,31,38)(H,32,33,37). The Balaban J connectivity index is 1.35. The maximum Gasteiger partial charge on any atom is 0.251 e. The molecule has 0 unspecified atom stereocenters. The van der Waals surface area contributed by atoms with E-state index in [1.54, 1.807) is 29.2 Å². The average Bonchev–Trinajstić information content (AvgIpc) is 3.67. The summed E-state index contributed by atoms with van der Waals surface area (Å²) in [7, 11) is 0. The Morgan fingerprint density at radius 1 is 1.15 bits per heavy atom. The summed E-state index contributed by atoms with van der Waals surface area (Å²) < 4.78 is 17.3. The van der Waals surface area contributed by atoms with Gasteiger partial charge in [-0.05, 0) is 69.1 Å². The number of likely N-dealkylation sites (tertiary alicyclic amines) is 1. The van der Waals surface area contributed by atoms with Crippen molar-refractivity contribution in [3.8, 4) is 27.5 Å². The minimum absolute atomic E-state index is 0.203. The van der Waals surface area contributed by atoms with Crippen LogP contribution in [-0.2, 0) is 17.6 Å². The summed E-state index contributed by atoms with van der Waals surface area (Å²) in [4.78, 5) is 36.4. The molecule has 200 valence electrons. The van der Waals surface area contributed by atoms with Crippen molar-refractivity contribution in [3.05, 3.63) is 65.4 Å². The van der Waals surface area contributed by atoms with Gasteiger partial charge in [-0.3, -0.25) is 14.6 Å². The molecule has 4 heterocycles. The van der Waals surface area contributed by atoms with Crippen molar-refractivity contribution in [1.29, 1.82) is 0 Å². The van der Waals surface area contributed by atoms with Crippen LogP contribution in [0, 0.1) is 5.82 Å². The number of nitrogens with zero attached hydrogens (tertiary/aromatic N) is 5. The Hall–Kier alpha value is -3.96. The zero-order valence-electron chi connectivity index (χ0n) is 21.5. The smallest absolute Gasteiger partial charge is 0.251 e. The number of hydrogen-bond acceptors (Lipinski definition) is 7. The fourth-order valence-corrected chi connectivity index (χ4v) is 6.35. The molecule has 0 atom stereocenters. The highest BCUT2D eigenvalue weighted by molar-refractivity contribution is 7.19. The first kappa shape index (κ1) is 25.3. The normalized spacial score (nSPS) is 14.6. The van der Waals surface area contributed by atoms with E-state index in [1.807, 2.05) is 12.1 Å². The number of anilines is 1. The van der Waals surface area contributed by atoms with Crippen molar-refractivity contribution in [3.63, 3.8) is 0 Å². The average molecular weight is 546 g/mol. The monoisotopic (exact) mass is 545 g/mol. The van der Waals surface area contributed by atoms with E-state index >= 15 is 4.39 Å². The molecule has 1 aromatic carbocycles. The number of thiazole rings is 1. The second kappa shape index (κ2) is 10.7. The predicted octanol–water partition coefficient (Wildman–Crippen LogP) is 4.08. The lowest BCUT2D eigenvalue weighted by atomic mass is 9.95. The summed E-state index contributed by atoms with van der Waals surface area (Å²) in [6.45, 7) is 4.87. The number of pyridine rings is 1. The molecular weight excluding hydrogens is 517 g/mol. The van der Waals surface area contributed by atoms with E-state index in [-0.39, 0.29) is 23.1 Å². The summed E-state index contributed by atoms with van der Waals surface area (Å²) >= 11 is 1.35. The van der Waals surface area contributed by atoms with Crippen molar-refractivity contribution in [2.24, 2.45) is 0 Å². The van der Waals surface area contributed by atoms with Crippen LogP contribution in [0.5, 0.6) is 0 Å². The van der Waals surface area contributed by atoms with Crippen molar-refractivity contribution in [1.82, 2.24) is 30.0 Å². The fourth-order valence-electron chi connectivity index (χ4n) is 5.24. The van der Waals surface area contributed by atoms with Crippen molar-refractivity contribution in [2.45, 2.75) is 32.6 Å². The van der Waals surface area contributed by atoms with Crippen LogP contribution in [0.4, 0.5) is 9.52 Å². The molecule has 1 saturated heterocycles. The number of fused-ring (bicyclic) bond motifs is 3. The van der Waals surface area contributed by atoms with Gasteiger partial charge in [-0.2, -0.15) is 5.10 Å². The molecule has 2 amide bonds. The maximum atomic E-state index is 15.7. The van der Waals surface area contributed by atoms with Gasteiger partial charge >= 0.3 is 0 Å². The van der Waals surface area contributed by atoms with E-state index in [0.29, 0.717) is 24.5 Å². The van der Waals surface area contributed by atoms with Crippen LogP contribution >= 0.6 is 11.3 Å². The number of aryl methyl sites for hydroxylation is 1. The molecule has 4 aromatic rings. The number of nitrogens with one attached hydrogen (secondary N) is 2. The fraction of sp³-hybridized carbons (Fsp3) is 0.321. The minimum atomic E-state index is -0.552. The van der Waals surface area contributed by atoms with Gasteiger partial charge in [-0.25, -0.2) is 14.1 Å².